The number of carbonyl (C=O) groups is 1. The molecule has 0 saturated carbocycles. The number of nitrogens with zero attached hydrogens (tertiary/aromatic N) is 1. The van der Waals surface area contributed by atoms with Gasteiger partial charge < -0.3 is 14.6 Å². The molecule has 2 heterocycles. The van der Waals surface area contributed by atoms with Gasteiger partial charge >= 0.3 is 5.97 Å². The number of benzene rings is 1. The van der Waals surface area contributed by atoms with Gasteiger partial charge in [0.05, 0.1) is 12.6 Å². The van der Waals surface area contributed by atoms with Crippen molar-refractivity contribution in [2.45, 2.75) is 25.5 Å². The normalized spacial score (nSPS) is 20.4. The van der Waals surface area contributed by atoms with E-state index >= 15 is 0 Å². The van der Waals surface area contributed by atoms with Crippen LogP contribution in [0.1, 0.15) is 29.0 Å². The number of rotatable bonds is 3. The maximum Gasteiger partial charge on any atom is 0.339 e. The first-order chi connectivity index (χ1) is 9.65. The lowest BCUT2D eigenvalue weighted by molar-refractivity contribution is 0.0619. The molecule has 5 heteroatoms. The Morgan fingerprint density at radius 3 is 2.95 bits per heavy atom. The minimum Gasteiger partial charge on any atom is -0.478 e. The standard InChI is InChI=1S/C15H17NO4/c17-10-4-3-7-16(8-10)9-13-14(15(18)19)11-5-1-2-6-12(11)20-13/h1-2,5-6,10,17H,3-4,7-9H2,(H,18,19). The summed E-state index contributed by atoms with van der Waals surface area (Å²) in [5, 5.41) is 19.7. The zero-order chi connectivity index (χ0) is 14.1. The van der Waals surface area contributed by atoms with Crippen LogP contribution < -0.4 is 0 Å². The highest BCUT2D eigenvalue weighted by Gasteiger charge is 2.24. The van der Waals surface area contributed by atoms with E-state index in [1.165, 1.54) is 0 Å². The minimum absolute atomic E-state index is 0.237. The number of hydrogen-bond donors (Lipinski definition) is 2. The number of carboxylic acid groups (broad SMARTS) is 1. The van der Waals surface area contributed by atoms with Crippen LogP contribution >= 0.6 is 0 Å². The van der Waals surface area contributed by atoms with Crippen LogP contribution in [0.15, 0.2) is 28.7 Å². The van der Waals surface area contributed by atoms with E-state index in [1.807, 2.05) is 11.0 Å². The molecule has 0 bridgehead atoms. The molecule has 1 atom stereocenters. The van der Waals surface area contributed by atoms with Crippen molar-refractivity contribution < 1.29 is 19.4 Å². The Labute approximate surface area is 116 Å². The molecule has 0 spiro atoms. The molecule has 3 rings (SSSR count). The maximum atomic E-state index is 11.5. The number of fused-ring (bicyclic) bond motifs is 1. The second-order valence-electron chi connectivity index (χ2n) is 5.23. The lowest BCUT2D eigenvalue weighted by Gasteiger charge is -2.29. The van der Waals surface area contributed by atoms with E-state index in [2.05, 4.69) is 0 Å². The highest BCUT2D eigenvalue weighted by Crippen LogP contribution is 2.27. The Hall–Kier alpha value is -1.85. The van der Waals surface area contributed by atoms with E-state index < -0.39 is 5.97 Å². The Kier molecular flexibility index (Phi) is 3.46. The van der Waals surface area contributed by atoms with Gasteiger partial charge in [0.15, 0.2) is 0 Å². The molecule has 5 nitrogen and oxygen atoms in total. The molecule has 1 fully saturated rings. The van der Waals surface area contributed by atoms with Crippen LogP contribution in [0.2, 0.25) is 0 Å². The predicted octanol–water partition coefficient (Wildman–Crippen LogP) is 2.09. The van der Waals surface area contributed by atoms with E-state index in [4.69, 9.17) is 4.42 Å². The van der Waals surface area contributed by atoms with Crippen LogP contribution in [0.5, 0.6) is 0 Å². The SMILES string of the molecule is O=C(O)c1c(CN2CCCC(O)C2)oc2ccccc12. The van der Waals surface area contributed by atoms with E-state index in [0.717, 1.165) is 19.4 Å². The summed E-state index contributed by atoms with van der Waals surface area (Å²) >= 11 is 0. The van der Waals surface area contributed by atoms with Crippen LogP contribution in [0.25, 0.3) is 11.0 Å². The third-order valence-corrected chi connectivity index (χ3v) is 3.73. The molecule has 2 aromatic rings. The smallest absolute Gasteiger partial charge is 0.339 e. The molecule has 0 aliphatic carbocycles. The van der Waals surface area contributed by atoms with Gasteiger partial charge in [-0.1, -0.05) is 18.2 Å². The number of aliphatic hydroxyl groups excluding tert-OH is 1. The summed E-state index contributed by atoms with van der Waals surface area (Å²) in [6.07, 6.45) is 1.40. The van der Waals surface area contributed by atoms with Crippen LogP contribution in [0.3, 0.4) is 0 Å². The van der Waals surface area contributed by atoms with Gasteiger partial charge in [0.2, 0.25) is 0 Å². The highest BCUT2D eigenvalue weighted by atomic mass is 16.4. The summed E-state index contributed by atoms with van der Waals surface area (Å²) in [7, 11) is 0. The average Bonchev–Trinajstić information content (AvgIpc) is 2.76. The van der Waals surface area contributed by atoms with Crippen LogP contribution in [-0.2, 0) is 6.54 Å². The number of likely N-dealkylation sites (tertiary alicyclic amines) is 1. The molecule has 1 aromatic heterocycles. The molecule has 106 valence electrons. The van der Waals surface area contributed by atoms with Crippen molar-refractivity contribution in [3.63, 3.8) is 0 Å². The molecule has 1 unspecified atom stereocenters. The molecular formula is C15H17NO4. The molecular weight excluding hydrogens is 258 g/mol. The molecule has 0 amide bonds. The van der Waals surface area contributed by atoms with Gasteiger partial charge in [-0.2, -0.15) is 0 Å². The van der Waals surface area contributed by atoms with Crippen LogP contribution in [0.4, 0.5) is 0 Å². The second kappa shape index (κ2) is 5.26. The van der Waals surface area contributed by atoms with Crippen molar-refractivity contribution >= 4 is 16.9 Å². The molecule has 1 aromatic carbocycles. The number of piperidine rings is 1. The first-order valence-electron chi connectivity index (χ1n) is 6.79. The lowest BCUT2D eigenvalue weighted by Crippen LogP contribution is -2.37. The van der Waals surface area contributed by atoms with Crippen molar-refractivity contribution in [3.8, 4) is 0 Å². The fourth-order valence-corrected chi connectivity index (χ4v) is 2.82. The molecule has 2 N–H and O–H groups in total. The molecule has 1 aliphatic heterocycles. The number of para-hydroxylation sites is 1. The monoisotopic (exact) mass is 275 g/mol. The number of aromatic carboxylic acids is 1. The van der Waals surface area contributed by atoms with E-state index in [-0.39, 0.29) is 11.7 Å². The Morgan fingerprint density at radius 2 is 2.20 bits per heavy atom. The van der Waals surface area contributed by atoms with Gasteiger partial charge in [0.25, 0.3) is 0 Å². The Balaban J connectivity index is 1.94. The molecule has 1 saturated heterocycles. The molecule has 1 aliphatic rings. The summed E-state index contributed by atoms with van der Waals surface area (Å²) in [5.41, 5.74) is 0.832. The molecule has 20 heavy (non-hydrogen) atoms. The maximum absolute atomic E-state index is 11.5. The molecule has 0 radical (unpaired) electrons. The van der Waals surface area contributed by atoms with Crippen molar-refractivity contribution in [3.05, 3.63) is 35.6 Å². The van der Waals surface area contributed by atoms with Gasteiger partial charge in [0, 0.05) is 11.9 Å². The summed E-state index contributed by atoms with van der Waals surface area (Å²) in [6.45, 7) is 1.84. The van der Waals surface area contributed by atoms with Gasteiger partial charge in [0.1, 0.15) is 16.9 Å². The zero-order valence-corrected chi connectivity index (χ0v) is 11.1. The van der Waals surface area contributed by atoms with Crippen molar-refractivity contribution in [1.82, 2.24) is 4.90 Å². The summed E-state index contributed by atoms with van der Waals surface area (Å²) < 4.78 is 5.69. The van der Waals surface area contributed by atoms with E-state index in [9.17, 15) is 15.0 Å². The number of hydrogen-bond acceptors (Lipinski definition) is 4. The van der Waals surface area contributed by atoms with Crippen molar-refractivity contribution in [2.24, 2.45) is 0 Å². The van der Waals surface area contributed by atoms with E-state index in [0.29, 0.717) is 29.8 Å². The topological polar surface area (TPSA) is 73.9 Å². The van der Waals surface area contributed by atoms with Gasteiger partial charge in [-0.05, 0) is 25.5 Å². The summed E-state index contributed by atoms with van der Waals surface area (Å²) in [4.78, 5) is 13.5. The Bertz CT molecular complexity index is 634. The largest absolute Gasteiger partial charge is 0.478 e. The second-order valence-corrected chi connectivity index (χ2v) is 5.23. The fourth-order valence-electron chi connectivity index (χ4n) is 2.82. The quantitative estimate of drug-likeness (QED) is 0.897. The number of carboxylic acids is 1. The van der Waals surface area contributed by atoms with Crippen LogP contribution in [-0.4, -0.2) is 40.3 Å². The summed E-state index contributed by atoms with van der Waals surface area (Å²) in [5.74, 6) is -0.504. The van der Waals surface area contributed by atoms with Gasteiger partial charge in [-0.15, -0.1) is 0 Å². The fraction of sp³-hybridized carbons (Fsp3) is 0.400. The number of aliphatic hydroxyl groups is 1. The highest BCUT2D eigenvalue weighted by molar-refractivity contribution is 6.03. The first kappa shape index (κ1) is 13.1. The first-order valence-corrected chi connectivity index (χ1v) is 6.79. The third kappa shape index (κ3) is 2.42. The van der Waals surface area contributed by atoms with Crippen molar-refractivity contribution in [2.75, 3.05) is 13.1 Å². The number of β-amino-alcohol motifs (C(OH)–C–C–N with tert-alkyl or cyclic N) is 1. The Morgan fingerprint density at radius 1 is 1.40 bits per heavy atom. The summed E-state index contributed by atoms with van der Waals surface area (Å²) in [6, 6.07) is 7.16. The third-order valence-electron chi connectivity index (χ3n) is 3.73. The number of furan rings is 1. The van der Waals surface area contributed by atoms with Crippen LogP contribution in [0, 0.1) is 0 Å². The zero-order valence-electron chi connectivity index (χ0n) is 11.1. The average molecular weight is 275 g/mol. The van der Waals surface area contributed by atoms with E-state index in [1.54, 1.807) is 18.2 Å². The van der Waals surface area contributed by atoms with Crippen molar-refractivity contribution in [1.29, 1.82) is 0 Å². The minimum atomic E-state index is -0.970. The van der Waals surface area contributed by atoms with Gasteiger partial charge in [-0.25, -0.2) is 4.79 Å². The predicted molar refractivity (Wildman–Crippen MR) is 73.7 cm³/mol. The lowest BCUT2D eigenvalue weighted by atomic mass is 10.1. The van der Waals surface area contributed by atoms with Gasteiger partial charge in [-0.3, -0.25) is 4.90 Å².